The van der Waals surface area contributed by atoms with Crippen molar-refractivity contribution in [1.82, 2.24) is 24.7 Å². The van der Waals surface area contributed by atoms with Crippen LogP contribution in [0.25, 0.3) is 16.7 Å². The molecule has 6 rings (SSSR count). The Bertz CT molecular complexity index is 1260. The third kappa shape index (κ3) is 3.56. The molecule has 5 heterocycles. The summed E-state index contributed by atoms with van der Waals surface area (Å²) in [6.45, 7) is 5.96. The fourth-order valence-corrected chi connectivity index (χ4v) is 5.26. The van der Waals surface area contributed by atoms with Crippen LogP contribution in [0.15, 0.2) is 48.9 Å². The van der Waals surface area contributed by atoms with Crippen LogP contribution in [0.5, 0.6) is 0 Å². The van der Waals surface area contributed by atoms with Gasteiger partial charge in [0.15, 0.2) is 0 Å². The number of nitrogens with zero attached hydrogens (tertiary/aromatic N) is 7. The third-order valence-electron chi connectivity index (χ3n) is 6.40. The van der Waals surface area contributed by atoms with Gasteiger partial charge in [0.25, 0.3) is 0 Å². The third-order valence-corrected chi connectivity index (χ3v) is 6.63. The van der Waals surface area contributed by atoms with Crippen LogP contribution in [-0.4, -0.2) is 50.9 Å². The van der Waals surface area contributed by atoms with Gasteiger partial charge in [-0.15, -0.1) is 0 Å². The van der Waals surface area contributed by atoms with E-state index < -0.39 is 0 Å². The number of pyridine rings is 1. The molecule has 2 fully saturated rings. The van der Waals surface area contributed by atoms with Crippen molar-refractivity contribution >= 4 is 34.1 Å². The summed E-state index contributed by atoms with van der Waals surface area (Å²) in [6.07, 6.45) is 10.1. The number of aryl methyl sites for hydroxylation is 1. The summed E-state index contributed by atoms with van der Waals surface area (Å²) in [5, 5.41) is 5.10. The number of rotatable bonds is 3. The lowest BCUT2D eigenvalue weighted by Gasteiger charge is -2.47. The highest BCUT2D eigenvalue weighted by Gasteiger charge is 2.35. The van der Waals surface area contributed by atoms with Crippen molar-refractivity contribution in [2.24, 2.45) is 11.8 Å². The molecule has 4 aromatic rings. The zero-order valence-electron chi connectivity index (χ0n) is 17.8. The molecule has 0 N–H and O–H groups in total. The Morgan fingerprint density at radius 3 is 2.62 bits per heavy atom. The predicted octanol–water partition coefficient (Wildman–Crippen LogP) is 3.94. The molecular formula is C24H23ClN7. The van der Waals surface area contributed by atoms with Crippen LogP contribution < -0.4 is 9.80 Å². The average Bonchev–Trinajstić information content (AvgIpc) is 3.32. The smallest absolute Gasteiger partial charge is 0.147 e. The molecule has 2 bridgehead atoms. The van der Waals surface area contributed by atoms with Gasteiger partial charge in [0.05, 0.1) is 22.9 Å². The molecule has 0 aliphatic carbocycles. The summed E-state index contributed by atoms with van der Waals surface area (Å²) < 4.78 is 1.86. The molecular weight excluding hydrogens is 422 g/mol. The predicted molar refractivity (Wildman–Crippen MR) is 126 cm³/mol. The maximum Gasteiger partial charge on any atom is 0.147 e. The Hall–Kier alpha value is -3.19. The van der Waals surface area contributed by atoms with E-state index in [4.69, 9.17) is 16.6 Å². The highest BCUT2D eigenvalue weighted by Crippen LogP contribution is 2.35. The molecule has 2 unspecified atom stereocenters. The molecule has 2 aliphatic heterocycles. The minimum atomic E-state index is 0.559. The maximum absolute atomic E-state index is 6.10. The number of fused-ring (bicyclic) bond motifs is 3. The number of benzene rings is 1. The van der Waals surface area contributed by atoms with Crippen molar-refractivity contribution in [1.29, 1.82) is 0 Å². The Kier molecular flexibility index (Phi) is 4.72. The first-order valence-electron chi connectivity index (χ1n) is 10.9. The molecule has 161 valence electrons. The van der Waals surface area contributed by atoms with Gasteiger partial charge in [0.1, 0.15) is 17.7 Å². The maximum atomic E-state index is 6.10. The van der Waals surface area contributed by atoms with E-state index in [2.05, 4.69) is 37.1 Å². The van der Waals surface area contributed by atoms with Crippen LogP contribution in [0.1, 0.15) is 12.1 Å². The Balaban J connectivity index is 1.26. The highest BCUT2D eigenvalue weighted by atomic mass is 35.5. The molecule has 1 aromatic carbocycles. The lowest BCUT2D eigenvalue weighted by Crippen LogP contribution is -2.53. The van der Waals surface area contributed by atoms with E-state index in [-0.39, 0.29) is 0 Å². The zero-order valence-corrected chi connectivity index (χ0v) is 18.6. The second kappa shape index (κ2) is 7.74. The number of halogens is 1. The van der Waals surface area contributed by atoms with E-state index in [0.29, 0.717) is 16.9 Å². The second-order valence-electron chi connectivity index (χ2n) is 8.83. The molecule has 32 heavy (non-hydrogen) atoms. The van der Waals surface area contributed by atoms with E-state index in [1.54, 1.807) is 6.20 Å². The summed E-state index contributed by atoms with van der Waals surface area (Å²) in [5.41, 5.74) is 4.76. The van der Waals surface area contributed by atoms with Crippen LogP contribution in [0.3, 0.4) is 0 Å². The first kappa shape index (κ1) is 19.5. The van der Waals surface area contributed by atoms with Crippen molar-refractivity contribution in [3.05, 3.63) is 65.8 Å². The summed E-state index contributed by atoms with van der Waals surface area (Å²) >= 11 is 6.10. The molecule has 2 atom stereocenters. The Morgan fingerprint density at radius 1 is 1.03 bits per heavy atom. The summed E-state index contributed by atoms with van der Waals surface area (Å²) in [7, 11) is 0. The molecule has 2 aliphatic rings. The van der Waals surface area contributed by atoms with Gasteiger partial charge in [-0.2, -0.15) is 5.10 Å². The van der Waals surface area contributed by atoms with Crippen molar-refractivity contribution in [2.45, 2.75) is 13.3 Å². The minimum Gasteiger partial charge on any atom is -0.369 e. The van der Waals surface area contributed by atoms with Gasteiger partial charge in [-0.05, 0) is 55.5 Å². The normalized spacial score (nSPS) is 20.7. The number of anilines is 2. The van der Waals surface area contributed by atoms with Gasteiger partial charge in [0.2, 0.25) is 0 Å². The van der Waals surface area contributed by atoms with Gasteiger partial charge in [-0.3, -0.25) is 4.98 Å². The van der Waals surface area contributed by atoms with E-state index in [0.717, 1.165) is 60.1 Å². The molecule has 3 aromatic heterocycles. The number of aromatic nitrogens is 5. The van der Waals surface area contributed by atoms with Crippen LogP contribution in [0.4, 0.5) is 11.5 Å². The lowest BCUT2D eigenvalue weighted by molar-refractivity contribution is 0.275. The zero-order chi connectivity index (χ0) is 21.7. The van der Waals surface area contributed by atoms with Crippen LogP contribution in [0.2, 0.25) is 5.02 Å². The van der Waals surface area contributed by atoms with Gasteiger partial charge in [0, 0.05) is 49.3 Å². The second-order valence-corrected chi connectivity index (χ2v) is 9.27. The minimum absolute atomic E-state index is 0.559. The fourth-order valence-electron chi connectivity index (χ4n) is 5.10. The lowest BCUT2D eigenvalue weighted by atomic mass is 9.84. The largest absolute Gasteiger partial charge is 0.369 e. The molecule has 8 heteroatoms. The summed E-state index contributed by atoms with van der Waals surface area (Å²) in [5.74, 6) is 2.07. The topological polar surface area (TPSA) is 63.0 Å². The summed E-state index contributed by atoms with van der Waals surface area (Å²) in [6, 6.07) is 9.77. The molecule has 7 nitrogen and oxygen atoms in total. The standard InChI is InChI=1S/C24H23ClN7/c1-16-7-22(23(10-26-16)32-6-2-5-28-32)30-12-17-8-18(13-30)15-31(14-17)24-11-27-21-9-19(25)3-4-20(21)29-24/h2-7,9,11,17-18H,8,12-15H2,1H3. The molecule has 0 spiro atoms. The molecule has 2 saturated heterocycles. The quantitative estimate of drug-likeness (QED) is 0.477. The van der Waals surface area contributed by atoms with E-state index >= 15 is 0 Å². The summed E-state index contributed by atoms with van der Waals surface area (Å²) in [4.78, 5) is 18.8. The van der Waals surface area contributed by atoms with Gasteiger partial charge >= 0.3 is 0 Å². The van der Waals surface area contributed by atoms with Crippen molar-refractivity contribution < 1.29 is 0 Å². The molecule has 1 radical (unpaired) electrons. The molecule has 0 saturated carbocycles. The first-order valence-corrected chi connectivity index (χ1v) is 11.3. The van der Waals surface area contributed by atoms with Crippen molar-refractivity contribution in [2.75, 3.05) is 36.0 Å². The van der Waals surface area contributed by atoms with Gasteiger partial charge in [-0.25, -0.2) is 14.6 Å². The average molecular weight is 445 g/mol. The van der Waals surface area contributed by atoms with Crippen LogP contribution in [0, 0.1) is 25.0 Å². The number of hydrogen-bond donors (Lipinski definition) is 0. The molecule has 0 amide bonds. The first-order chi connectivity index (χ1) is 15.6. The highest BCUT2D eigenvalue weighted by molar-refractivity contribution is 6.31. The van der Waals surface area contributed by atoms with Crippen molar-refractivity contribution in [3.8, 4) is 5.69 Å². The monoisotopic (exact) mass is 444 g/mol. The number of piperidine rings is 2. The Labute approximate surface area is 191 Å². The van der Waals surface area contributed by atoms with Gasteiger partial charge in [-0.1, -0.05) is 11.6 Å². The van der Waals surface area contributed by atoms with Crippen LogP contribution in [-0.2, 0) is 0 Å². The van der Waals surface area contributed by atoms with E-state index in [9.17, 15) is 0 Å². The number of hydrogen-bond acceptors (Lipinski definition) is 6. The fraction of sp³-hybridized carbons (Fsp3) is 0.333. The van der Waals surface area contributed by atoms with Crippen LogP contribution >= 0.6 is 11.6 Å². The Morgan fingerprint density at radius 2 is 1.84 bits per heavy atom. The van der Waals surface area contributed by atoms with E-state index in [1.807, 2.05) is 48.3 Å². The van der Waals surface area contributed by atoms with Gasteiger partial charge < -0.3 is 9.80 Å². The van der Waals surface area contributed by atoms with E-state index in [1.165, 1.54) is 6.42 Å². The SMILES string of the molecule is Cc1cc(N2CC3CC(CN(c4cnc5cc(Cl)ccc5n4)C3)C2)c(-n2cccn2)[c]n1. The van der Waals surface area contributed by atoms with Crippen molar-refractivity contribution in [3.63, 3.8) is 0 Å².